The summed E-state index contributed by atoms with van der Waals surface area (Å²) in [5.41, 5.74) is -2.72. The Morgan fingerprint density at radius 3 is 1.49 bits per heavy atom. The molecule has 0 spiro atoms. The highest BCUT2D eigenvalue weighted by atomic mass is 16.6. The second kappa shape index (κ2) is 11.1. The first-order valence-corrected chi connectivity index (χ1v) is 10.6. The van der Waals surface area contributed by atoms with E-state index in [4.69, 9.17) is 0 Å². The molecule has 1 N–H and O–H groups in total. The lowest BCUT2D eigenvalue weighted by Gasteiger charge is -2.34. The van der Waals surface area contributed by atoms with Gasteiger partial charge in [-0.05, 0) is 0 Å². The number of amides is 2. The van der Waals surface area contributed by atoms with Crippen molar-refractivity contribution >= 4 is 34.6 Å². The maximum absolute atomic E-state index is 12.8. The Morgan fingerprint density at radius 1 is 0.676 bits per heavy atom. The van der Waals surface area contributed by atoms with Crippen LogP contribution in [0.25, 0.3) is 0 Å². The van der Waals surface area contributed by atoms with E-state index in [0.717, 1.165) is 36.4 Å². The Bertz CT molecular complexity index is 1220. The van der Waals surface area contributed by atoms with Crippen molar-refractivity contribution in [2.75, 3.05) is 39.3 Å². The van der Waals surface area contributed by atoms with E-state index in [0.29, 0.717) is 19.6 Å². The summed E-state index contributed by atoms with van der Waals surface area (Å²) in [5, 5.41) is 46.6. The van der Waals surface area contributed by atoms with E-state index in [2.05, 4.69) is 5.32 Å². The maximum Gasteiger partial charge on any atom is 0.277 e. The predicted octanol–water partition coefficient (Wildman–Crippen LogP) is 1.51. The average Bonchev–Trinajstić information content (AvgIpc) is 2.87. The second-order valence-electron chi connectivity index (χ2n) is 7.89. The fourth-order valence-corrected chi connectivity index (χ4v) is 3.65. The minimum atomic E-state index is -0.837. The van der Waals surface area contributed by atoms with Gasteiger partial charge in [0.1, 0.15) is 0 Å². The average molecular weight is 517 g/mol. The van der Waals surface area contributed by atoms with Crippen LogP contribution in [0.4, 0.5) is 22.7 Å². The number of hydrogen-bond acceptors (Lipinski definition) is 11. The molecule has 0 atom stereocenters. The number of nitrogens with one attached hydrogen (secondary N) is 1. The van der Waals surface area contributed by atoms with Crippen LogP contribution in [0, 0.1) is 40.5 Å². The van der Waals surface area contributed by atoms with Crippen LogP contribution in [-0.4, -0.2) is 80.6 Å². The van der Waals surface area contributed by atoms with Gasteiger partial charge in [0.25, 0.3) is 34.6 Å². The van der Waals surface area contributed by atoms with Gasteiger partial charge in [-0.25, -0.2) is 0 Å². The van der Waals surface area contributed by atoms with E-state index in [1.807, 2.05) is 4.90 Å². The highest BCUT2D eigenvalue weighted by molar-refractivity contribution is 5.96. The van der Waals surface area contributed by atoms with Gasteiger partial charge in [-0.2, -0.15) is 0 Å². The maximum atomic E-state index is 12.8. The number of rotatable bonds is 9. The predicted molar refractivity (Wildman–Crippen MR) is 124 cm³/mol. The molecule has 3 rings (SSSR count). The smallest absolute Gasteiger partial charge is 0.277 e. The summed E-state index contributed by atoms with van der Waals surface area (Å²) in [4.78, 5) is 69.2. The first kappa shape index (κ1) is 26.5. The van der Waals surface area contributed by atoms with Crippen LogP contribution in [0.15, 0.2) is 36.4 Å². The van der Waals surface area contributed by atoms with Crippen LogP contribution < -0.4 is 5.32 Å². The molecule has 1 aliphatic heterocycles. The standard InChI is InChI=1S/C20H19N7O10/c28-19(13-7-15(24(30)31)11-16(8-13)25(32)33)21-1-2-22-3-5-23(6-4-22)20(29)14-9-17(26(34)35)12-18(10-14)27(36)37/h7-12H,1-6H2,(H,21,28). The summed E-state index contributed by atoms with van der Waals surface area (Å²) in [6, 6.07) is 5.36. The number of nitrogens with zero attached hydrogens (tertiary/aromatic N) is 6. The van der Waals surface area contributed by atoms with Crippen molar-refractivity contribution in [3.05, 3.63) is 88.0 Å². The molecule has 0 bridgehead atoms. The lowest BCUT2D eigenvalue weighted by atomic mass is 10.1. The minimum absolute atomic E-state index is 0.111. The fraction of sp³-hybridized carbons (Fsp3) is 0.300. The molecule has 0 unspecified atom stereocenters. The fourth-order valence-electron chi connectivity index (χ4n) is 3.65. The van der Waals surface area contributed by atoms with Gasteiger partial charge >= 0.3 is 0 Å². The SMILES string of the molecule is O=C(NCCN1CCN(C(=O)c2cc([N+](=O)[O-])cc([N+](=O)[O-])c2)CC1)c1cc([N+](=O)[O-])cc([N+](=O)[O-])c1. The first-order chi connectivity index (χ1) is 17.5. The summed E-state index contributed by atoms with van der Waals surface area (Å²) in [6.45, 7) is 1.65. The Balaban J connectivity index is 1.55. The van der Waals surface area contributed by atoms with E-state index in [1.54, 1.807) is 0 Å². The topological polar surface area (TPSA) is 225 Å². The molecule has 17 heteroatoms. The first-order valence-electron chi connectivity index (χ1n) is 10.6. The Kier molecular flexibility index (Phi) is 7.98. The van der Waals surface area contributed by atoms with Crippen molar-refractivity contribution in [3.63, 3.8) is 0 Å². The number of hydrogen-bond donors (Lipinski definition) is 1. The highest BCUT2D eigenvalue weighted by Gasteiger charge is 2.26. The third-order valence-electron chi connectivity index (χ3n) is 5.53. The quantitative estimate of drug-likeness (QED) is 0.370. The monoisotopic (exact) mass is 517 g/mol. The van der Waals surface area contributed by atoms with Gasteiger partial charge in [-0.15, -0.1) is 0 Å². The molecule has 1 aliphatic rings. The Labute approximate surface area is 206 Å². The van der Waals surface area contributed by atoms with E-state index in [-0.39, 0.29) is 30.8 Å². The normalized spacial score (nSPS) is 13.6. The van der Waals surface area contributed by atoms with Gasteiger partial charge < -0.3 is 10.2 Å². The van der Waals surface area contributed by atoms with E-state index >= 15 is 0 Å². The van der Waals surface area contributed by atoms with Crippen molar-refractivity contribution in [1.82, 2.24) is 15.1 Å². The van der Waals surface area contributed by atoms with Crippen LogP contribution >= 0.6 is 0 Å². The van der Waals surface area contributed by atoms with E-state index < -0.39 is 54.3 Å². The molecule has 2 amide bonds. The molecule has 17 nitrogen and oxygen atoms in total. The van der Waals surface area contributed by atoms with Gasteiger partial charge in [0.15, 0.2) is 0 Å². The molecular formula is C20H19N7O10. The summed E-state index contributed by atoms with van der Waals surface area (Å²) in [6.07, 6.45) is 0. The number of benzene rings is 2. The van der Waals surface area contributed by atoms with Gasteiger partial charge in [-0.1, -0.05) is 0 Å². The van der Waals surface area contributed by atoms with Crippen LogP contribution in [0.2, 0.25) is 0 Å². The third-order valence-corrected chi connectivity index (χ3v) is 5.53. The number of non-ortho nitro benzene ring substituents is 4. The molecule has 0 aliphatic carbocycles. The van der Waals surface area contributed by atoms with Gasteiger partial charge in [0.2, 0.25) is 0 Å². The summed E-state index contributed by atoms with van der Waals surface area (Å²) < 4.78 is 0. The molecule has 1 fully saturated rings. The molecule has 1 heterocycles. The van der Waals surface area contributed by atoms with Gasteiger partial charge in [0, 0.05) is 63.5 Å². The third kappa shape index (κ3) is 6.54. The Hall–Kier alpha value is -5.06. The van der Waals surface area contributed by atoms with Crippen molar-refractivity contribution in [1.29, 1.82) is 0 Å². The highest BCUT2D eigenvalue weighted by Crippen LogP contribution is 2.24. The largest absolute Gasteiger partial charge is 0.351 e. The van der Waals surface area contributed by atoms with E-state index in [1.165, 1.54) is 4.90 Å². The molecule has 194 valence electrons. The molecule has 0 radical (unpaired) electrons. The lowest BCUT2D eigenvalue weighted by molar-refractivity contribution is -0.394. The summed E-state index contributed by atoms with van der Waals surface area (Å²) in [7, 11) is 0. The molecule has 0 aromatic heterocycles. The number of carbonyl (C=O) groups excluding carboxylic acids is 2. The van der Waals surface area contributed by atoms with Crippen molar-refractivity contribution in [3.8, 4) is 0 Å². The van der Waals surface area contributed by atoms with Crippen LogP contribution in [0.5, 0.6) is 0 Å². The molecule has 37 heavy (non-hydrogen) atoms. The van der Waals surface area contributed by atoms with Crippen LogP contribution in [0.1, 0.15) is 20.7 Å². The zero-order valence-corrected chi connectivity index (χ0v) is 19.0. The van der Waals surface area contributed by atoms with Gasteiger partial charge in [0.05, 0.1) is 43.0 Å². The molecule has 1 saturated heterocycles. The van der Waals surface area contributed by atoms with Crippen LogP contribution in [-0.2, 0) is 0 Å². The minimum Gasteiger partial charge on any atom is -0.351 e. The molecule has 2 aromatic rings. The van der Waals surface area contributed by atoms with Crippen molar-refractivity contribution in [2.24, 2.45) is 0 Å². The number of piperazine rings is 1. The molecular weight excluding hydrogens is 498 g/mol. The van der Waals surface area contributed by atoms with Crippen molar-refractivity contribution in [2.45, 2.75) is 0 Å². The summed E-state index contributed by atoms with van der Waals surface area (Å²) in [5.74, 6) is -1.32. The Morgan fingerprint density at radius 2 is 1.08 bits per heavy atom. The van der Waals surface area contributed by atoms with Gasteiger partial charge in [-0.3, -0.25) is 54.9 Å². The number of nitro benzene ring substituents is 4. The van der Waals surface area contributed by atoms with Crippen molar-refractivity contribution < 1.29 is 29.3 Å². The molecule has 0 saturated carbocycles. The van der Waals surface area contributed by atoms with Crippen LogP contribution in [0.3, 0.4) is 0 Å². The number of nitro groups is 4. The number of carbonyl (C=O) groups is 2. The lowest BCUT2D eigenvalue weighted by Crippen LogP contribution is -2.50. The summed E-state index contributed by atoms with van der Waals surface area (Å²) >= 11 is 0. The second-order valence-corrected chi connectivity index (χ2v) is 7.89. The molecule has 2 aromatic carbocycles. The van der Waals surface area contributed by atoms with E-state index in [9.17, 15) is 50.0 Å². The zero-order valence-electron chi connectivity index (χ0n) is 19.0. The zero-order chi connectivity index (χ0) is 27.3.